The standard InChI is InChI=1S/C16H13ClF2N2O3/c17-12-3-1-2-4-13(12)21-14(22)9-20-15(23)10-5-7-11(8-6-10)24-16(18)19/h1-8,16H,9H2,(H,20,23)(H,21,22). The molecule has 0 bridgehead atoms. The van der Waals surface area contributed by atoms with E-state index >= 15 is 0 Å². The zero-order valence-corrected chi connectivity index (χ0v) is 13.0. The van der Waals surface area contributed by atoms with Gasteiger partial charge >= 0.3 is 6.61 Å². The highest BCUT2D eigenvalue weighted by Gasteiger charge is 2.10. The first kappa shape index (κ1) is 17.7. The Kier molecular flexibility index (Phi) is 6.08. The predicted octanol–water partition coefficient (Wildman–Crippen LogP) is 3.31. The Morgan fingerprint density at radius 1 is 1.08 bits per heavy atom. The Labute approximate surface area is 141 Å². The highest BCUT2D eigenvalue weighted by molar-refractivity contribution is 6.33. The molecule has 5 nitrogen and oxygen atoms in total. The fourth-order valence-corrected chi connectivity index (χ4v) is 1.99. The highest BCUT2D eigenvalue weighted by Crippen LogP contribution is 2.20. The number of carbonyl (C=O) groups is 2. The van der Waals surface area contributed by atoms with E-state index in [0.29, 0.717) is 10.7 Å². The second-order valence-electron chi connectivity index (χ2n) is 4.61. The van der Waals surface area contributed by atoms with E-state index in [4.69, 9.17) is 11.6 Å². The van der Waals surface area contributed by atoms with E-state index in [1.54, 1.807) is 24.3 Å². The molecule has 0 saturated carbocycles. The molecular formula is C16H13ClF2N2O3. The van der Waals surface area contributed by atoms with Crippen LogP contribution in [-0.4, -0.2) is 25.0 Å². The minimum atomic E-state index is -2.93. The van der Waals surface area contributed by atoms with Gasteiger partial charge < -0.3 is 15.4 Å². The van der Waals surface area contributed by atoms with Gasteiger partial charge in [-0.3, -0.25) is 9.59 Å². The summed E-state index contributed by atoms with van der Waals surface area (Å²) in [5.74, 6) is -1.03. The van der Waals surface area contributed by atoms with Gasteiger partial charge in [-0.15, -0.1) is 0 Å². The third kappa shape index (κ3) is 5.20. The number of ether oxygens (including phenoxy) is 1. The number of hydrogen-bond acceptors (Lipinski definition) is 3. The van der Waals surface area contributed by atoms with E-state index < -0.39 is 18.4 Å². The summed E-state index contributed by atoms with van der Waals surface area (Å²) in [4.78, 5) is 23.7. The largest absolute Gasteiger partial charge is 0.435 e. The average Bonchev–Trinajstić information content (AvgIpc) is 2.55. The molecule has 0 aromatic heterocycles. The number of rotatable bonds is 6. The lowest BCUT2D eigenvalue weighted by atomic mass is 10.2. The molecule has 0 atom stereocenters. The minimum Gasteiger partial charge on any atom is -0.435 e. The molecule has 0 radical (unpaired) electrons. The van der Waals surface area contributed by atoms with Crippen LogP contribution in [0.5, 0.6) is 5.75 Å². The minimum absolute atomic E-state index is 0.0574. The van der Waals surface area contributed by atoms with Crippen LogP contribution in [0.4, 0.5) is 14.5 Å². The molecule has 0 fully saturated rings. The van der Waals surface area contributed by atoms with Crippen molar-refractivity contribution in [3.63, 3.8) is 0 Å². The summed E-state index contributed by atoms with van der Waals surface area (Å²) in [6, 6.07) is 11.8. The molecule has 0 aliphatic heterocycles. The van der Waals surface area contributed by atoms with E-state index in [1.807, 2.05) is 0 Å². The molecule has 0 heterocycles. The van der Waals surface area contributed by atoms with Crippen LogP contribution < -0.4 is 15.4 Å². The first-order valence-corrected chi connectivity index (χ1v) is 7.21. The van der Waals surface area contributed by atoms with Crippen molar-refractivity contribution in [1.29, 1.82) is 0 Å². The van der Waals surface area contributed by atoms with Crippen molar-refractivity contribution in [2.24, 2.45) is 0 Å². The quantitative estimate of drug-likeness (QED) is 0.836. The van der Waals surface area contributed by atoms with Crippen molar-refractivity contribution in [2.75, 3.05) is 11.9 Å². The molecule has 24 heavy (non-hydrogen) atoms. The van der Waals surface area contributed by atoms with Crippen molar-refractivity contribution >= 4 is 29.1 Å². The Morgan fingerprint density at radius 3 is 2.38 bits per heavy atom. The Morgan fingerprint density at radius 2 is 1.75 bits per heavy atom. The summed E-state index contributed by atoms with van der Waals surface area (Å²) in [6.07, 6.45) is 0. The maximum Gasteiger partial charge on any atom is 0.387 e. The van der Waals surface area contributed by atoms with Crippen LogP contribution in [0.25, 0.3) is 0 Å². The predicted molar refractivity (Wildman–Crippen MR) is 85.5 cm³/mol. The number of benzene rings is 2. The van der Waals surface area contributed by atoms with Crippen LogP contribution in [0.15, 0.2) is 48.5 Å². The normalized spacial score (nSPS) is 10.3. The molecule has 126 valence electrons. The van der Waals surface area contributed by atoms with E-state index in [1.165, 1.54) is 24.3 Å². The van der Waals surface area contributed by atoms with Crippen molar-refractivity contribution in [2.45, 2.75) is 6.61 Å². The number of hydrogen-bond donors (Lipinski definition) is 2. The monoisotopic (exact) mass is 354 g/mol. The second-order valence-corrected chi connectivity index (χ2v) is 5.02. The third-order valence-electron chi connectivity index (χ3n) is 2.90. The summed E-state index contributed by atoms with van der Waals surface area (Å²) in [6.45, 7) is -3.20. The maximum absolute atomic E-state index is 12.0. The van der Waals surface area contributed by atoms with Gasteiger partial charge in [-0.2, -0.15) is 8.78 Å². The lowest BCUT2D eigenvalue weighted by Crippen LogP contribution is -2.32. The lowest BCUT2D eigenvalue weighted by molar-refractivity contribution is -0.115. The number of carbonyl (C=O) groups excluding carboxylic acids is 2. The van der Waals surface area contributed by atoms with Gasteiger partial charge in [0.25, 0.3) is 5.91 Å². The van der Waals surface area contributed by atoms with Gasteiger partial charge in [0, 0.05) is 5.56 Å². The van der Waals surface area contributed by atoms with Gasteiger partial charge in [-0.1, -0.05) is 23.7 Å². The summed E-state index contributed by atoms with van der Waals surface area (Å²) < 4.78 is 28.3. The topological polar surface area (TPSA) is 67.4 Å². The lowest BCUT2D eigenvalue weighted by Gasteiger charge is -2.09. The number of nitrogens with one attached hydrogen (secondary N) is 2. The molecule has 2 aromatic rings. The summed E-state index contributed by atoms with van der Waals surface area (Å²) in [5.41, 5.74) is 0.647. The number of amides is 2. The van der Waals surface area contributed by atoms with Crippen LogP contribution in [-0.2, 0) is 4.79 Å². The van der Waals surface area contributed by atoms with Crippen LogP contribution >= 0.6 is 11.6 Å². The average molecular weight is 355 g/mol. The molecule has 2 aromatic carbocycles. The smallest absolute Gasteiger partial charge is 0.387 e. The van der Waals surface area contributed by atoms with Crippen molar-refractivity contribution in [3.05, 3.63) is 59.1 Å². The summed E-state index contributed by atoms with van der Waals surface area (Å²) >= 11 is 5.91. The van der Waals surface area contributed by atoms with Crippen molar-refractivity contribution < 1.29 is 23.1 Å². The van der Waals surface area contributed by atoms with E-state index in [2.05, 4.69) is 15.4 Å². The first-order chi connectivity index (χ1) is 11.5. The van der Waals surface area contributed by atoms with Gasteiger partial charge in [-0.05, 0) is 36.4 Å². The highest BCUT2D eigenvalue weighted by atomic mass is 35.5. The molecule has 2 amide bonds. The van der Waals surface area contributed by atoms with Gasteiger partial charge in [0.1, 0.15) is 5.75 Å². The third-order valence-corrected chi connectivity index (χ3v) is 3.23. The molecular weight excluding hydrogens is 342 g/mol. The van der Waals surface area contributed by atoms with Gasteiger partial charge in [0.05, 0.1) is 17.3 Å². The maximum atomic E-state index is 12.0. The zero-order chi connectivity index (χ0) is 17.5. The fourth-order valence-electron chi connectivity index (χ4n) is 1.81. The van der Waals surface area contributed by atoms with Gasteiger partial charge in [-0.25, -0.2) is 0 Å². The number of halogens is 3. The van der Waals surface area contributed by atoms with Gasteiger partial charge in [0.2, 0.25) is 5.91 Å². The second kappa shape index (κ2) is 8.26. The Bertz CT molecular complexity index is 724. The Hall–Kier alpha value is -2.67. The number of anilines is 1. The fraction of sp³-hybridized carbons (Fsp3) is 0.125. The SMILES string of the molecule is O=C(CNC(=O)c1ccc(OC(F)F)cc1)Nc1ccccc1Cl. The molecule has 0 saturated heterocycles. The molecule has 0 unspecified atom stereocenters. The van der Waals surface area contributed by atoms with Crippen molar-refractivity contribution in [1.82, 2.24) is 5.32 Å². The van der Waals surface area contributed by atoms with Crippen LogP contribution in [0.2, 0.25) is 5.02 Å². The summed E-state index contributed by atoms with van der Waals surface area (Å²) in [5, 5.41) is 5.36. The van der Waals surface area contributed by atoms with Gasteiger partial charge in [0.15, 0.2) is 0 Å². The molecule has 0 spiro atoms. The number of para-hydroxylation sites is 1. The number of alkyl halides is 2. The zero-order valence-electron chi connectivity index (χ0n) is 12.3. The molecule has 2 rings (SSSR count). The van der Waals surface area contributed by atoms with E-state index in [-0.39, 0.29) is 17.9 Å². The Balaban J connectivity index is 1.86. The molecule has 2 N–H and O–H groups in total. The molecule has 8 heteroatoms. The molecule has 0 aliphatic carbocycles. The van der Waals surface area contributed by atoms with Crippen molar-refractivity contribution in [3.8, 4) is 5.75 Å². The van der Waals surface area contributed by atoms with Crippen LogP contribution in [0.3, 0.4) is 0 Å². The van der Waals surface area contributed by atoms with E-state index in [9.17, 15) is 18.4 Å². The van der Waals surface area contributed by atoms with Crippen LogP contribution in [0, 0.1) is 0 Å². The molecule has 0 aliphatic rings. The summed E-state index contributed by atoms with van der Waals surface area (Å²) in [7, 11) is 0. The first-order valence-electron chi connectivity index (χ1n) is 6.83. The van der Waals surface area contributed by atoms with E-state index in [0.717, 1.165) is 0 Å². The van der Waals surface area contributed by atoms with Crippen LogP contribution in [0.1, 0.15) is 10.4 Å².